The Morgan fingerprint density at radius 3 is 2.76 bits per heavy atom. The molecule has 1 aromatic heterocycles. The van der Waals surface area contributed by atoms with Crippen molar-refractivity contribution in [1.29, 1.82) is 0 Å². The highest BCUT2D eigenvalue weighted by molar-refractivity contribution is 5.85. The summed E-state index contributed by atoms with van der Waals surface area (Å²) >= 11 is 0. The zero-order chi connectivity index (χ0) is 15.1. The SMILES string of the molecule is COCc1cccc(Oc2ncc(/C=C/C(=O)O)cn2)c1. The smallest absolute Gasteiger partial charge is 0.328 e. The molecule has 0 aliphatic rings. The van der Waals surface area contributed by atoms with Crippen molar-refractivity contribution in [3.05, 3.63) is 53.9 Å². The number of carboxylic acid groups (broad SMARTS) is 1. The van der Waals surface area contributed by atoms with Crippen molar-refractivity contribution in [1.82, 2.24) is 9.97 Å². The Bertz CT molecular complexity index is 638. The summed E-state index contributed by atoms with van der Waals surface area (Å²) in [7, 11) is 1.63. The number of nitrogens with zero attached hydrogens (tertiary/aromatic N) is 2. The van der Waals surface area contributed by atoms with E-state index in [0.29, 0.717) is 17.9 Å². The second-order valence-electron chi connectivity index (χ2n) is 4.15. The lowest BCUT2D eigenvalue weighted by Gasteiger charge is -2.05. The molecule has 0 aliphatic carbocycles. The molecule has 0 saturated heterocycles. The first-order valence-electron chi connectivity index (χ1n) is 6.16. The third-order valence-electron chi connectivity index (χ3n) is 2.49. The van der Waals surface area contributed by atoms with Crippen LogP contribution in [0.3, 0.4) is 0 Å². The quantitative estimate of drug-likeness (QED) is 0.822. The summed E-state index contributed by atoms with van der Waals surface area (Å²) in [4.78, 5) is 18.4. The second-order valence-corrected chi connectivity index (χ2v) is 4.15. The van der Waals surface area contributed by atoms with Crippen molar-refractivity contribution in [3.8, 4) is 11.8 Å². The Morgan fingerprint density at radius 2 is 2.10 bits per heavy atom. The lowest BCUT2D eigenvalue weighted by Crippen LogP contribution is -1.94. The number of aliphatic carboxylic acids is 1. The predicted molar refractivity (Wildman–Crippen MR) is 75.9 cm³/mol. The molecule has 108 valence electrons. The Labute approximate surface area is 121 Å². The second kappa shape index (κ2) is 7.16. The molecule has 0 spiro atoms. The summed E-state index contributed by atoms with van der Waals surface area (Å²) in [6.07, 6.45) is 5.40. The Kier molecular flexibility index (Phi) is 5.00. The molecule has 2 rings (SSSR count). The van der Waals surface area contributed by atoms with E-state index in [-0.39, 0.29) is 6.01 Å². The van der Waals surface area contributed by atoms with E-state index in [1.807, 2.05) is 18.2 Å². The van der Waals surface area contributed by atoms with Crippen LogP contribution in [0.5, 0.6) is 11.8 Å². The molecule has 0 radical (unpaired) electrons. The number of hydrogen-bond donors (Lipinski definition) is 1. The maximum absolute atomic E-state index is 10.4. The molecule has 1 N–H and O–H groups in total. The van der Waals surface area contributed by atoms with Gasteiger partial charge in [-0.05, 0) is 23.8 Å². The molecule has 0 atom stereocenters. The Balaban J connectivity index is 2.06. The summed E-state index contributed by atoms with van der Waals surface area (Å²) in [5.41, 5.74) is 1.56. The van der Waals surface area contributed by atoms with Crippen LogP contribution in [-0.4, -0.2) is 28.2 Å². The molecule has 21 heavy (non-hydrogen) atoms. The standard InChI is InChI=1S/C15H14N2O4/c1-20-10-11-3-2-4-13(7-11)21-15-16-8-12(9-17-15)5-6-14(18)19/h2-9H,10H2,1H3,(H,18,19)/b6-5+. The molecular formula is C15H14N2O4. The summed E-state index contributed by atoms with van der Waals surface area (Å²) < 4.78 is 10.6. The normalized spacial score (nSPS) is 10.7. The first-order chi connectivity index (χ1) is 10.2. The van der Waals surface area contributed by atoms with E-state index in [4.69, 9.17) is 14.6 Å². The zero-order valence-electron chi connectivity index (χ0n) is 11.4. The molecule has 1 aromatic carbocycles. The van der Waals surface area contributed by atoms with Crippen molar-refractivity contribution in [2.24, 2.45) is 0 Å². The van der Waals surface area contributed by atoms with Gasteiger partial charge in [0, 0.05) is 31.1 Å². The monoisotopic (exact) mass is 286 g/mol. The van der Waals surface area contributed by atoms with Crippen LogP contribution < -0.4 is 4.74 Å². The average Bonchev–Trinajstić information content (AvgIpc) is 2.47. The number of aromatic nitrogens is 2. The fourth-order valence-electron chi connectivity index (χ4n) is 1.60. The molecule has 0 aliphatic heterocycles. The van der Waals surface area contributed by atoms with E-state index in [2.05, 4.69) is 9.97 Å². The number of carboxylic acids is 1. The minimum atomic E-state index is -1.02. The van der Waals surface area contributed by atoms with Crippen LogP contribution in [0.4, 0.5) is 0 Å². The average molecular weight is 286 g/mol. The number of hydrogen-bond acceptors (Lipinski definition) is 5. The summed E-state index contributed by atoms with van der Waals surface area (Å²) in [5.74, 6) is -0.413. The maximum Gasteiger partial charge on any atom is 0.328 e. The van der Waals surface area contributed by atoms with E-state index in [1.54, 1.807) is 13.2 Å². The van der Waals surface area contributed by atoms with Crippen LogP contribution in [0, 0.1) is 0 Å². The van der Waals surface area contributed by atoms with Crippen molar-refractivity contribution in [2.75, 3.05) is 7.11 Å². The number of benzene rings is 1. The van der Waals surface area contributed by atoms with Crippen LogP contribution in [-0.2, 0) is 16.1 Å². The zero-order valence-corrected chi connectivity index (χ0v) is 11.4. The molecular weight excluding hydrogens is 272 g/mol. The Morgan fingerprint density at radius 1 is 1.33 bits per heavy atom. The van der Waals surface area contributed by atoms with E-state index < -0.39 is 5.97 Å². The largest absolute Gasteiger partial charge is 0.478 e. The van der Waals surface area contributed by atoms with Gasteiger partial charge in [0.25, 0.3) is 0 Å². The number of carbonyl (C=O) groups is 1. The molecule has 0 unspecified atom stereocenters. The molecule has 0 amide bonds. The minimum absolute atomic E-state index is 0.192. The minimum Gasteiger partial charge on any atom is -0.478 e. The number of methoxy groups -OCH3 is 1. The number of ether oxygens (including phenoxy) is 2. The van der Waals surface area contributed by atoms with E-state index in [9.17, 15) is 4.79 Å². The third-order valence-corrected chi connectivity index (χ3v) is 2.49. The molecule has 1 heterocycles. The maximum atomic E-state index is 10.4. The third kappa shape index (κ3) is 4.70. The van der Waals surface area contributed by atoms with Gasteiger partial charge in [-0.15, -0.1) is 0 Å². The molecule has 0 fully saturated rings. The molecule has 0 saturated carbocycles. The van der Waals surface area contributed by atoms with E-state index in [1.165, 1.54) is 18.5 Å². The molecule has 0 bridgehead atoms. The van der Waals surface area contributed by atoms with Crippen LogP contribution in [0.25, 0.3) is 6.08 Å². The van der Waals surface area contributed by atoms with Crippen molar-refractivity contribution in [2.45, 2.75) is 6.61 Å². The fraction of sp³-hybridized carbons (Fsp3) is 0.133. The Hall–Kier alpha value is -2.73. The summed E-state index contributed by atoms with van der Waals surface area (Å²) in [6, 6.07) is 7.60. The van der Waals surface area contributed by atoms with Gasteiger partial charge >= 0.3 is 12.0 Å². The fourth-order valence-corrected chi connectivity index (χ4v) is 1.60. The number of rotatable bonds is 6. The van der Waals surface area contributed by atoms with Gasteiger partial charge in [-0.2, -0.15) is 0 Å². The van der Waals surface area contributed by atoms with Crippen molar-refractivity contribution < 1.29 is 19.4 Å². The van der Waals surface area contributed by atoms with Crippen LogP contribution >= 0.6 is 0 Å². The first-order valence-corrected chi connectivity index (χ1v) is 6.16. The lowest BCUT2D eigenvalue weighted by molar-refractivity contribution is -0.131. The summed E-state index contributed by atoms with van der Waals surface area (Å²) in [5, 5.41) is 8.53. The topological polar surface area (TPSA) is 81.5 Å². The lowest BCUT2D eigenvalue weighted by atomic mass is 10.2. The van der Waals surface area contributed by atoms with Crippen molar-refractivity contribution >= 4 is 12.0 Å². The highest BCUT2D eigenvalue weighted by Crippen LogP contribution is 2.19. The van der Waals surface area contributed by atoms with Gasteiger partial charge < -0.3 is 14.6 Å². The van der Waals surface area contributed by atoms with E-state index in [0.717, 1.165) is 11.6 Å². The predicted octanol–water partition coefficient (Wildman–Crippen LogP) is 2.51. The summed E-state index contributed by atoms with van der Waals surface area (Å²) in [6.45, 7) is 0.497. The molecule has 6 heteroatoms. The van der Waals surface area contributed by atoms with Gasteiger partial charge in [0.15, 0.2) is 0 Å². The van der Waals surface area contributed by atoms with Crippen LogP contribution in [0.1, 0.15) is 11.1 Å². The molecule has 2 aromatic rings. The van der Waals surface area contributed by atoms with Gasteiger partial charge in [0.1, 0.15) is 5.75 Å². The van der Waals surface area contributed by atoms with Gasteiger partial charge in [-0.3, -0.25) is 0 Å². The highest BCUT2D eigenvalue weighted by atomic mass is 16.5. The van der Waals surface area contributed by atoms with Crippen molar-refractivity contribution in [3.63, 3.8) is 0 Å². The van der Waals surface area contributed by atoms with Gasteiger partial charge in [-0.1, -0.05) is 12.1 Å². The van der Waals surface area contributed by atoms with Crippen LogP contribution in [0.2, 0.25) is 0 Å². The highest BCUT2D eigenvalue weighted by Gasteiger charge is 2.02. The van der Waals surface area contributed by atoms with E-state index >= 15 is 0 Å². The van der Waals surface area contributed by atoms with Gasteiger partial charge in [-0.25, -0.2) is 14.8 Å². The molecule has 6 nitrogen and oxygen atoms in total. The van der Waals surface area contributed by atoms with Gasteiger partial charge in [0.2, 0.25) is 0 Å². The van der Waals surface area contributed by atoms with Gasteiger partial charge in [0.05, 0.1) is 6.61 Å². The first kappa shape index (κ1) is 14.7. The van der Waals surface area contributed by atoms with Crippen LogP contribution in [0.15, 0.2) is 42.7 Å².